The van der Waals surface area contributed by atoms with E-state index in [2.05, 4.69) is 21.2 Å². The van der Waals surface area contributed by atoms with Gasteiger partial charge in [-0.3, -0.25) is 4.79 Å². The molecule has 0 aromatic heterocycles. The summed E-state index contributed by atoms with van der Waals surface area (Å²) in [6.45, 7) is 3.86. The molecule has 0 unspecified atom stereocenters. The highest BCUT2D eigenvalue weighted by atomic mass is 79.9. The Balaban J connectivity index is 1.92. The molecule has 0 saturated heterocycles. The highest BCUT2D eigenvalue weighted by Gasteiger charge is 2.45. The molecule has 3 atom stereocenters. The molecule has 222 valence electrons. The summed E-state index contributed by atoms with van der Waals surface area (Å²) in [6, 6.07) is 17.4. The van der Waals surface area contributed by atoms with Crippen LogP contribution >= 0.6 is 39.1 Å². The maximum absolute atomic E-state index is 14.5. The third kappa shape index (κ3) is 7.26. The monoisotopic (exact) mass is 692 g/mol. The van der Waals surface area contributed by atoms with Gasteiger partial charge in [-0.15, -0.1) is 0 Å². The number of nitrogens with zero attached hydrogens (tertiary/aromatic N) is 1. The Bertz CT molecular complexity index is 1590. The fraction of sp³-hybridized carbons (Fsp3) is 0.290. The van der Waals surface area contributed by atoms with Crippen LogP contribution in [-0.4, -0.2) is 37.8 Å². The van der Waals surface area contributed by atoms with Crippen LogP contribution in [0.15, 0.2) is 93.8 Å². The predicted octanol–water partition coefficient (Wildman–Crippen LogP) is 7.26. The van der Waals surface area contributed by atoms with Gasteiger partial charge >= 0.3 is 5.97 Å². The molecule has 0 spiro atoms. The highest BCUT2D eigenvalue weighted by Crippen LogP contribution is 2.46. The van der Waals surface area contributed by atoms with Crippen molar-refractivity contribution in [2.75, 3.05) is 7.11 Å². The molecule has 0 fully saturated rings. The Morgan fingerprint density at radius 3 is 2.29 bits per heavy atom. The maximum atomic E-state index is 14.5. The Morgan fingerprint density at radius 2 is 1.67 bits per heavy atom. The summed E-state index contributed by atoms with van der Waals surface area (Å²) in [4.78, 5) is 26.6. The molecular weight excluding hydrogens is 663 g/mol. The van der Waals surface area contributed by atoms with Crippen LogP contribution in [0.1, 0.15) is 49.9 Å². The minimum Gasteiger partial charge on any atom is -0.467 e. The molecule has 0 bridgehead atoms. The second-order valence-corrected chi connectivity index (χ2v) is 14.0. The summed E-state index contributed by atoms with van der Waals surface area (Å²) in [5, 5.41) is 3.58. The van der Waals surface area contributed by atoms with E-state index in [0.29, 0.717) is 22.0 Å². The largest absolute Gasteiger partial charge is 0.467 e. The molecule has 0 saturated carbocycles. The number of rotatable bonds is 9. The van der Waals surface area contributed by atoms with E-state index in [1.165, 1.54) is 35.7 Å². The van der Waals surface area contributed by atoms with E-state index in [1.807, 2.05) is 38.1 Å². The first-order valence-corrected chi connectivity index (χ1v) is 16.3. The topological polar surface area (TPSA) is 92.8 Å². The number of hydrogen-bond acceptors (Lipinski definition) is 5. The zero-order valence-corrected chi connectivity index (χ0v) is 27.2. The van der Waals surface area contributed by atoms with Crippen LogP contribution in [0.4, 0.5) is 0 Å². The summed E-state index contributed by atoms with van der Waals surface area (Å²) in [5.41, 5.74) is 1.41. The summed E-state index contributed by atoms with van der Waals surface area (Å²) in [6.07, 6.45) is 2.29. The van der Waals surface area contributed by atoms with Crippen molar-refractivity contribution in [2.45, 2.75) is 49.7 Å². The van der Waals surface area contributed by atoms with Gasteiger partial charge in [-0.2, -0.15) is 4.31 Å². The third-order valence-electron chi connectivity index (χ3n) is 6.96. The van der Waals surface area contributed by atoms with E-state index in [9.17, 15) is 18.0 Å². The van der Waals surface area contributed by atoms with Gasteiger partial charge < -0.3 is 10.1 Å². The van der Waals surface area contributed by atoms with Gasteiger partial charge in [0.05, 0.1) is 24.1 Å². The normalized spacial score (nSPS) is 18.3. The zero-order chi connectivity index (χ0) is 30.6. The van der Waals surface area contributed by atoms with Gasteiger partial charge in [-0.05, 0) is 78.4 Å². The van der Waals surface area contributed by atoms with Crippen molar-refractivity contribution in [3.63, 3.8) is 0 Å². The Hall–Kier alpha value is -2.69. The minimum absolute atomic E-state index is 0.0211. The highest BCUT2D eigenvalue weighted by molar-refractivity contribution is 9.10. The van der Waals surface area contributed by atoms with Gasteiger partial charge in [0.2, 0.25) is 15.9 Å². The van der Waals surface area contributed by atoms with Crippen molar-refractivity contribution in [1.82, 2.24) is 9.62 Å². The number of hydrogen-bond donors (Lipinski definition) is 1. The van der Waals surface area contributed by atoms with Crippen LogP contribution in [0.2, 0.25) is 10.0 Å². The average Bonchev–Trinajstić information content (AvgIpc) is 2.95. The number of carbonyl (C=O) groups excluding carboxylic acids is 2. The van der Waals surface area contributed by atoms with Crippen LogP contribution < -0.4 is 5.32 Å². The number of nitrogens with one attached hydrogen (secondary N) is 1. The average molecular weight is 694 g/mol. The van der Waals surface area contributed by atoms with Crippen LogP contribution in [0.3, 0.4) is 0 Å². The summed E-state index contributed by atoms with van der Waals surface area (Å²) in [7, 11) is -2.97. The second kappa shape index (κ2) is 13.7. The number of sulfonamides is 1. The van der Waals surface area contributed by atoms with Gasteiger partial charge in [-0.25, -0.2) is 13.2 Å². The lowest BCUT2D eigenvalue weighted by atomic mass is 9.88. The van der Waals surface area contributed by atoms with Gasteiger partial charge in [0, 0.05) is 20.1 Å². The summed E-state index contributed by atoms with van der Waals surface area (Å²) < 4.78 is 36.1. The quantitative estimate of drug-likeness (QED) is 0.238. The van der Waals surface area contributed by atoms with E-state index in [-0.39, 0.29) is 22.8 Å². The SMILES string of the molecule is COC(=O)[C@H](CC(C)C)NC(=O)C1=CC[C@@H](c2cccc(Br)c2)N(S(=O)(=O)c2ccc(Cl)cc2)[C@H]1c1cccc(Cl)c1. The molecule has 7 nitrogen and oxygen atoms in total. The molecule has 11 heteroatoms. The first-order valence-electron chi connectivity index (χ1n) is 13.3. The van der Waals surface area contributed by atoms with Crippen molar-refractivity contribution >= 4 is 61.0 Å². The lowest BCUT2D eigenvalue weighted by Crippen LogP contribution is -2.48. The fourth-order valence-corrected chi connectivity index (χ4v) is 7.61. The molecule has 1 heterocycles. The maximum Gasteiger partial charge on any atom is 0.328 e. The minimum atomic E-state index is -4.23. The molecular formula is C31H31BrCl2N2O5S. The van der Waals surface area contributed by atoms with E-state index in [1.54, 1.807) is 30.3 Å². The third-order valence-corrected chi connectivity index (χ3v) is 9.83. The molecule has 4 rings (SSSR count). The number of halogens is 3. The van der Waals surface area contributed by atoms with Crippen LogP contribution in [0.5, 0.6) is 0 Å². The van der Waals surface area contributed by atoms with Crippen molar-refractivity contribution in [3.8, 4) is 0 Å². The van der Waals surface area contributed by atoms with E-state index >= 15 is 0 Å². The van der Waals surface area contributed by atoms with Crippen molar-refractivity contribution in [3.05, 3.63) is 110 Å². The van der Waals surface area contributed by atoms with Crippen molar-refractivity contribution in [1.29, 1.82) is 0 Å². The first kappa shape index (κ1) is 32.2. The molecule has 1 aliphatic heterocycles. The number of methoxy groups -OCH3 is 1. The smallest absolute Gasteiger partial charge is 0.328 e. The zero-order valence-electron chi connectivity index (χ0n) is 23.3. The fourth-order valence-electron chi connectivity index (χ4n) is 5.09. The van der Waals surface area contributed by atoms with Gasteiger partial charge in [-0.1, -0.05) is 83.3 Å². The second-order valence-electron chi connectivity index (χ2n) is 10.4. The Morgan fingerprint density at radius 1 is 1.00 bits per heavy atom. The summed E-state index contributed by atoms with van der Waals surface area (Å²) in [5.74, 6) is -1.06. The number of carbonyl (C=O) groups is 2. The Labute approximate surface area is 265 Å². The number of ether oxygens (including phenoxy) is 1. The standard InChI is InChI=1S/C31H31BrCl2N2O5S/c1-19(2)16-27(31(38)41-3)35-30(37)26-14-15-28(20-6-4-8-22(32)17-20)36(29(26)21-7-5-9-24(34)18-21)42(39,40)25-12-10-23(33)11-13-25/h4-14,17-19,27-29H,15-16H2,1-3H3,(H,35,37)/t27-,28-,29-/m0/s1. The van der Waals surface area contributed by atoms with E-state index in [4.69, 9.17) is 27.9 Å². The molecule has 3 aromatic carbocycles. The predicted molar refractivity (Wildman–Crippen MR) is 168 cm³/mol. The van der Waals surface area contributed by atoms with Crippen LogP contribution in [0.25, 0.3) is 0 Å². The number of esters is 1. The number of amides is 1. The lowest BCUT2D eigenvalue weighted by Gasteiger charge is -2.41. The first-order chi connectivity index (χ1) is 19.9. The van der Waals surface area contributed by atoms with Crippen molar-refractivity contribution in [2.24, 2.45) is 5.92 Å². The molecule has 1 N–H and O–H groups in total. The molecule has 3 aromatic rings. The van der Waals surface area contributed by atoms with Gasteiger partial charge in [0.15, 0.2) is 0 Å². The molecule has 0 radical (unpaired) electrons. The number of benzene rings is 3. The van der Waals surface area contributed by atoms with Crippen LogP contribution in [-0.2, 0) is 24.3 Å². The van der Waals surface area contributed by atoms with E-state index in [0.717, 1.165) is 10.0 Å². The molecule has 1 aliphatic rings. The summed E-state index contributed by atoms with van der Waals surface area (Å²) >= 11 is 16.0. The molecule has 1 amide bonds. The van der Waals surface area contributed by atoms with Gasteiger partial charge in [0.25, 0.3) is 0 Å². The van der Waals surface area contributed by atoms with Crippen LogP contribution in [0, 0.1) is 5.92 Å². The lowest BCUT2D eigenvalue weighted by molar-refractivity contribution is -0.145. The molecule has 0 aliphatic carbocycles. The van der Waals surface area contributed by atoms with Gasteiger partial charge in [0.1, 0.15) is 6.04 Å². The van der Waals surface area contributed by atoms with E-state index < -0.39 is 40.0 Å². The Kier molecular flexibility index (Phi) is 10.5. The van der Waals surface area contributed by atoms with Crippen molar-refractivity contribution < 1.29 is 22.7 Å². The molecule has 42 heavy (non-hydrogen) atoms.